The molecule has 1 fully saturated rings. The van der Waals surface area contributed by atoms with E-state index in [0.29, 0.717) is 6.04 Å². The molecule has 13 heavy (non-hydrogen) atoms. The quantitative estimate of drug-likeness (QED) is 0.643. The number of hydrogen-bond acceptors (Lipinski definition) is 1. The van der Waals surface area contributed by atoms with E-state index in [1.807, 2.05) is 20.8 Å². The van der Waals surface area contributed by atoms with E-state index in [0.717, 1.165) is 12.8 Å². The van der Waals surface area contributed by atoms with Crippen molar-refractivity contribution in [3.63, 3.8) is 0 Å². The van der Waals surface area contributed by atoms with E-state index >= 15 is 0 Å². The van der Waals surface area contributed by atoms with Crippen LogP contribution in [0.3, 0.4) is 0 Å². The molecule has 0 aromatic heterocycles. The molecule has 0 heterocycles. The zero-order chi connectivity index (χ0) is 9.90. The molecule has 2 N–H and O–H groups in total. The Morgan fingerprint density at radius 2 is 1.77 bits per heavy atom. The van der Waals surface area contributed by atoms with Gasteiger partial charge in [0.1, 0.15) is 0 Å². The number of hydrogen-bond donors (Lipinski definition) is 2. The van der Waals surface area contributed by atoms with Crippen LogP contribution in [0.15, 0.2) is 0 Å². The van der Waals surface area contributed by atoms with Crippen molar-refractivity contribution in [3.8, 4) is 0 Å². The van der Waals surface area contributed by atoms with Gasteiger partial charge in [0.15, 0.2) is 0 Å². The number of urea groups is 1. The molecular weight excluding hydrogens is 164 g/mol. The van der Waals surface area contributed by atoms with Gasteiger partial charge in [0.05, 0.1) is 0 Å². The van der Waals surface area contributed by atoms with Gasteiger partial charge in [-0.15, -0.1) is 0 Å². The molecule has 1 saturated carbocycles. The predicted molar refractivity (Wildman–Crippen MR) is 53.7 cm³/mol. The number of carbonyl (C=O) groups is 1. The largest absolute Gasteiger partial charge is 0.335 e. The molecule has 0 saturated heterocycles. The fourth-order valence-corrected chi connectivity index (χ4v) is 1.63. The lowest BCUT2D eigenvalue weighted by Crippen LogP contribution is -2.48. The van der Waals surface area contributed by atoms with Crippen molar-refractivity contribution in [2.45, 2.75) is 58.0 Å². The summed E-state index contributed by atoms with van der Waals surface area (Å²) in [5.41, 5.74) is -0.136. The summed E-state index contributed by atoms with van der Waals surface area (Å²) in [5.74, 6) is 0. The van der Waals surface area contributed by atoms with Gasteiger partial charge >= 0.3 is 6.03 Å². The summed E-state index contributed by atoms with van der Waals surface area (Å²) >= 11 is 0. The molecule has 0 bridgehead atoms. The van der Waals surface area contributed by atoms with Gasteiger partial charge in [-0.25, -0.2) is 4.79 Å². The molecule has 0 spiro atoms. The summed E-state index contributed by atoms with van der Waals surface area (Å²) in [4.78, 5) is 11.4. The maximum atomic E-state index is 11.4. The normalized spacial score (nSPS) is 18.7. The summed E-state index contributed by atoms with van der Waals surface area (Å²) in [7, 11) is 0. The first-order chi connectivity index (χ1) is 5.97. The number of amides is 2. The Morgan fingerprint density at radius 1 is 1.23 bits per heavy atom. The minimum atomic E-state index is -0.136. The SMILES string of the molecule is CC(C)(C)NC(=O)NC1CCCC1. The van der Waals surface area contributed by atoms with E-state index in [9.17, 15) is 4.79 Å². The second-order valence-electron chi connectivity index (χ2n) is 4.83. The van der Waals surface area contributed by atoms with Gasteiger partial charge in [-0.05, 0) is 33.6 Å². The van der Waals surface area contributed by atoms with E-state index < -0.39 is 0 Å². The Morgan fingerprint density at radius 3 is 2.23 bits per heavy atom. The third-order valence-corrected chi connectivity index (χ3v) is 2.18. The summed E-state index contributed by atoms with van der Waals surface area (Å²) in [5, 5.41) is 5.88. The molecule has 76 valence electrons. The van der Waals surface area contributed by atoms with E-state index in [4.69, 9.17) is 0 Å². The van der Waals surface area contributed by atoms with Crippen LogP contribution in [0.2, 0.25) is 0 Å². The highest BCUT2D eigenvalue weighted by Gasteiger charge is 2.19. The molecule has 3 nitrogen and oxygen atoms in total. The minimum Gasteiger partial charge on any atom is -0.335 e. The monoisotopic (exact) mass is 184 g/mol. The van der Waals surface area contributed by atoms with Gasteiger partial charge in [-0.3, -0.25) is 0 Å². The molecule has 0 aromatic rings. The lowest BCUT2D eigenvalue weighted by molar-refractivity contribution is 0.228. The van der Waals surface area contributed by atoms with Crippen LogP contribution < -0.4 is 10.6 Å². The van der Waals surface area contributed by atoms with Crippen LogP contribution in [0, 0.1) is 0 Å². The molecule has 0 unspecified atom stereocenters. The zero-order valence-electron chi connectivity index (χ0n) is 8.81. The average Bonchev–Trinajstić information content (AvgIpc) is 2.34. The maximum absolute atomic E-state index is 11.4. The van der Waals surface area contributed by atoms with Crippen molar-refractivity contribution >= 4 is 6.03 Å². The van der Waals surface area contributed by atoms with Gasteiger partial charge in [-0.2, -0.15) is 0 Å². The van der Waals surface area contributed by atoms with Crippen LogP contribution in [0.1, 0.15) is 46.5 Å². The smallest absolute Gasteiger partial charge is 0.315 e. The van der Waals surface area contributed by atoms with Crippen molar-refractivity contribution in [1.82, 2.24) is 10.6 Å². The van der Waals surface area contributed by atoms with Gasteiger partial charge in [0.2, 0.25) is 0 Å². The topological polar surface area (TPSA) is 41.1 Å². The molecule has 1 aliphatic rings. The number of nitrogens with one attached hydrogen (secondary N) is 2. The summed E-state index contributed by atoms with van der Waals surface area (Å²) < 4.78 is 0. The van der Waals surface area contributed by atoms with Crippen LogP contribution in [0.25, 0.3) is 0 Å². The van der Waals surface area contributed by atoms with Gasteiger partial charge in [0.25, 0.3) is 0 Å². The van der Waals surface area contributed by atoms with Crippen LogP contribution in [0.4, 0.5) is 4.79 Å². The molecule has 0 atom stereocenters. The Kier molecular flexibility index (Phi) is 3.17. The van der Waals surface area contributed by atoms with E-state index in [1.165, 1.54) is 12.8 Å². The molecule has 0 radical (unpaired) electrons. The van der Waals surface area contributed by atoms with Crippen LogP contribution >= 0.6 is 0 Å². The minimum absolute atomic E-state index is 0.0283. The first kappa shape index (κ1) is 10.4. The Labute approximate surface area is 80.3 Å². The zero-order valence-corrected chi connectivity index (χ0v) is 8.81. The van der Waals surface area contributed by atoms with E-state index in [-0.39, 0.29) is 11.6 Å². The van der Waals surface area contributed by atoms with Crippen LogP contribution in [0.5, 0.6) is 0 Å². The third-order valence-electron chi connectivity index (χ3n) is 2.18. The van der Waals surface area contributed by atoms with Crippen LogP contribution in [-0.4, -0.2) is 17.6 Å². The highest BCUT2D eigenvalue weighted by Crippen LogP contribution is 2.17. The standard InChI is InChI=1S/C10H20N2O/c1-10(2,3)12-9(13)11-8-6-4-5-7-8/h8H,4-7H2,1-3H3,(H2,11,12,13). The second kappa shape index (κ2) is 3.99. The lowest BCUT2D eigenvalue weighted by Gasteiger charge is -2.22. The van der Waals surface area contributed by atoms with Crippen molar-refractivity contribution in [3.05, 3.63) is 0 Å². The maximum Gasteiger partial charge on any atom is 0.315 e. The molecule has 0 aromatic carbocycles. The Balaban J connectivity index is 2.24. The highest BCUT2D eigenvalue weighted by molar-refractivity contribution is 5.74. The lowest BCUT2D eigenvalue weighted by atomic mass is 10.1. The fourth-order valence-electron chi connectivity index (χ4n) is 1.63. The molecular formula is C10H20N2O. The van der Waals surface area contributed by atoms with E-state index in [1.54, 1.807) is 0 Å². The van der Waals surface area contributed by atoms with Gasteiger partial charge < -0.3 is 10.6 Å². The Bertz CT molecular complexity index is 178. The Hall–Kier alpha value is -0.730. The van der Waals surface area contributed by atoms with Gasteiger partial charge in [-0.1, -0.05) is 12.8 Å². The van der Waals surface area contributed by atoms with Crippen molar-refractivity contribution in [2.24, 2.45) is 0 Å². The fraction of sp³-hybridized carbons (Fsp3) is 0.900. The van der Waals surface area contributed by atoms with Gasteiger partial charge in [0, 0.05) is 11.6 Å². The number of rotatable bonds is 1. The highest BCUT2D eigenvalue weighted by atomic mass is 16.2. The van der Waals surface area contributed by atoms with Crippen molar-refractivity contribution < 1.29 is 4.79 Å². The number of carbonyl (C=O) groups excluding carboxylic acids is 1. The van der Waals surface area contributed by atoms with Crippen molar-refractivity contribution in [2.75, 3.05) is 0 Å². The summed E-state index contributed by atoms with van der Waals surface area (Å²) in [6.45, 7) is 5.96. The van der Waals surface area contributed by atoms with E-state index in [2.05, 4.69) is 10.6 Å². The second-order valence-corrected chi connectivity index (χ2v) is 4.83. The molecule has 2 amide bonds. The summed E-state index contributed by atoms with van der Waals surface area (Å²) in [6, 6.07) is 0.377. The third kappa shape index (κ3) is 4.15. The van der Waals surface area contributed by atoms with Crippen molar-refractivity contribution in [1.29, 1.82) is 0 Å². The molecule has 3 heteroatoms. The summed E-state index contributed by atoms with van der Waals surface area (Å²) in [6.07, 6.45) is 4.77. The molecule has 0 aliphatic heterocycles. The average molecular weight is 184 g/mol. The first-order valence-electron chi connectivity index (χ1n) is 5.06. The van der Waals surface area contributed by atoms with Crippen LogP contribution in [-0.2, 0) is 0 Å². The molecule has 1 aliphatic carbocycles. The predicted octanol–water partition coefficient (Wildman–Crippen LogP) is 2.03. The first-order valence-corrected chi connectivity index (χ1v) is 5.06. The molecule has 1 rings (SSSR count).